The predicted molar refractivity (Wildman–Crippen MR) is 91.5 cm³/mol. The molecule has 1 N–H and O–H groups in total. The van der Waals surface area contributed by atoms with E-state index in [1.54, 1.807) is 7.11 Å². The number of rotatable bonds is 3. The zero-order valence-corrected chi connectivity index (χ0v) is 12.9. The van der Waals surface area contributed by atoms with Gasteiger partial charge in [0.15, 0.2) is 0 Å². The van der Waals surface area contributed by atoms with Gasteiger partial charge < -0.3 is 10.1 Å². The van der Waals surface area contributed by atoms with E-state index in [1.807, 2.05) is 48.5 Å². The second-order valence-corrected chi connectivity index (χ2v) is 5.38. The molecule has 2 heterocycles. The molecule has 23 heavy (non-hydrogen) atoms. The third-order valence-corrected chi connectivity index (χ3v) is 3.80. The van der Waals surface area contributed by atoms with Gasteiger partial charge in [-0.3, -0.25) is 4.40 Å². The summed E-state index contributed by atoms with van der Waals surface area (Å²) in [6.07, 6.45) is 0. The highest BCUT2D eigenvalue weighted by Gasteiger charge is 2.09. The molecule has 0 radical (unpaired) electrons. The Morgan fingerprint density at radius 1 is 1.00 bits per heavy atom. The van der Waals surface area contributed by atoms with Gasteiger partial charge in [-0.05, 0) is 31.2 Å². The van der Waals surface area contributed by atoms with Gasteiger partial charge in [0.05, 0.1) is 18.1 Å². The summed E-state index contributed by atoms with van der Waals surface area (Å²) in [6.45, 7) is 2.06. The molecule has 0 amide bonds. The van der Waals surface area contributed by atoms with E-state index < -0.39 is 0 Å². The Balaban J connectivity index is 1.80. The average Bonchev–Trinajstić information content (AvgIpc) is 2.93. The number of para-hydroxylation sites is 2. The number of aryl methyl sites for hydroxylation is 1. The maximum absolute atomic E-state index is 5.25. The molecule has 0 aliphatic heterocycles. The van der Waals surface area contributed by atoms with Crippen molar-refractivity contribution in [1.82, 2.24) is 14.4 Å². The van der Waals surface area contributed by atoms with Crippen LogP contribution in [0.4, 0.5) is 11.5 Å². The molecule has 0 aliphatic rings. The lowest BCUT2D eigenvalue weighted by molar-refractivity contribution is 0.415. The smallest absolute Gasteiger partial charge is 0.237 e. The molecule has 4 rings (SSSR count). The summed E-state index contributed by atoms with van der Waals surface area (Å²) in [4.78, 5) is 9.22. The van der Waals surface area contributed by atoms with E-state index in [0.717, 1.165) is 34.0 Å². The summed E-state index contributed by atoms with van der Waals surface area (Å²) in [5.74, 6) is 2.26. The van der Waals surface area contributed by atoms with Crippen LogP contribution in [0.1, 0.15) is 5.69 Å². The van der Waals surface area contributed by atoms with Gasteiger partial charge in [-0.2, -0.15) is 4.98 Å². The van der Waals surface area contributed by atoms with Crippen LogP contribution >= 0.6 is 0 Å². The van der Waals surface area contributed by atoms with E-state index in [1.165, 1.54) is 0 Å². The number of methoxy groups -OCH3 is 1. The number of nitrogens with zero attached hydrogens (tertiary/aromatic N) is 3. The topological polar surface area (TPSA) is 51.5 Å². The monoisotopic (exact) mass is 304 g/mol. The standard InChI is InChI=1S/C18H16N4O/c1-12-10-17(19-13-6-5-7-14(11-13)23-2)21-18-20-15-8-3-4-9-16(15)22(12)18/h3-11H,1-2H3,(H,19,20,21). The van der Waals surface area contributed by atoms with Crippen molar-refractivity contribution in [3.63, 3.8) is 0 Å². The number of hydrogen-bond acceptors (Lipinski definition) is 4. The molecule has 5 heteroatoms. The summed E-state index contributed by atoms with van der Waals surface area (Å²) >= 11 is 0. The van der Waals surface area contributed by atoms with Crippen molar-refractivity contribution in [1.29, 1.82) is 0 Å². The van der Waals surface area contributed by atoms with Gasteiger partial charge in [-0.25, -0.2) is 4.98 Å². The Bertz CT molecular complexity index is 1010. The summed E-state index contributed by atoms with van der Waals surface area (Å²) in [7, 11) is 1.66. The summed E-state index contributed by atoms with van der Waals surface area (Å²) in [6, 6.07) is 17.8. The molecule has 4 aromatic rings. The minimum Gasteiger partial charge on any atom is -0.497 e. The SMILES string of the molecule is COc1cccc(Nc2cc(C)n3c(n2)nc2ccccc23)c1. The van der Waals surface area contributed by atoms with Gasteiger partial charge in [0.2, 0.25) is 5.78 Å². The van der Waals surface area contributed by atoms with Gasteiger partial charge in [0.25, 0.3) is 0 Å². The van der Waals surface area contributed by atoms with E-state index in [4.69, 9.17) is 4.74 Å². The third kappa shape index (κ3) is 2.36. The highest BCUT2D eigenvalue weighted by molar-refractivity contribution is 5.80. The fraction of sp³-hybridized carbons (Fsp3) is 0.111. The molecule has 5 nitrogen and oxygen atoms in total. The molecule has 2 aromatic carbocycles. The lowest BCUT2D eigenvalue weighted by atomic mass is 10.3. The van der Waals surface area contributed by atoms with Gasteiger partial charge in [0, 0.05) is 23.5 Å². The Hall–Kier alpha value is -3.08. The molecule has 0 aliphatic carbocycles. The fourth-order valence-corrected chi connectivity index (χ4v) is 2.75. The van der Waals surface area contributed by atoms with Gasteiger partial charge >= 0.3 is 0 Å². The molecule has 114 valence electrons. The normalized spacial score (nSPS) is 11.0. The molecule has 0 spiro atoms. The zero-order chi connectivity index (χ0) is 15.8. The lowest BCUT2D eigenvalue weighted by Crippen LogP contribution is -2.00. The molecule has 0 saturated heterocycles. The first kappa shape index (κ1) is 13.6. The van der Waals surface area contributed by atoms with Crippen LogP contribution in [0.15, 0.2) is 54.6 Å². The van der Waals surface area contributed by atoms with Crippen LogP contribution in [0.25, 0.3) is 16.8 Å². The molecule has 0 bridgehead atoms. The number of fused-ring (bicyclic) bond motifs is 3. The first-order chi connectivity index (χ1) is 11.2. The van der Waals surface area contributed by atoms with Gasteiger partial charge in [-0.15, -0.1) is 0 Å². The van der Waals surface area contributed by atoms with Crippen LogP contribution in [0, 0.1) is 6.92 Å². The average molecular weight is 304 g/mol. The first-order valence-electron chi connectivity index (χ1n) is 7.40. The quantitative estimate of drug-likeness (QED) is 0.623. The van der Waals surface area contributed by atoms with E-state index >= 15 is 0 Å². The Morgan fingerprint density at radius 2 is 1.87 bits per heavy atom. The van der Waals surface area contributed by atoms with Crippen molar-refractivity contribution in [2.24, 2.45) is 0 Å². The highest BCUT2D eigenvalue weighted by Crippen LogP contribution is 2.23. The Kier molecular flexibility index (Phi) is 3.12. The third-order valence-electron chi connectivity index (χ3n) is 3.80. The van der Waals surface area contributed by atoms with Crippen molar-refractivity contribution >= 4 is 28.3 Å². The lowest BCUT2D eigenvalue weighted by Gasteiger charge is -2.09. The van der Waals surface area contributed by atoms with E-state index in [9.17, 15) is 0 Å². The summed E-state index contributed by atoms with van der Waals surface area (Å²) in [5, 5.41) is 3.31. The maximum atomic E-state index is 5.25. The van der Waals surface area contributed by atoms with Crippen LogP contribution in [0.2, 0.25) is 0 Å². The van der Waals surface area contributed by atoms with Gasteiger partial charge in [-0.1, -0.05) is 18.2 Å². The van der Waals surface area contributed by atoms with Crippen LogP contribution in [0.5, 0.6) is 5.75 Å². The molecular weight excluding hydrogens is 288 g/mol. The number of benzene rings is 2. The minimum absolute atomic E-state index is 0.691. The number of anilines is 2. The molecule has 0 saturated carbocycles. The highest BCUT2D eigenvalue weighted by atomic mass is 16.5. The summed E-state index contributed by atoms with van der Waals surface area (Å²) in [5.41, 5.74) is 4.02. The number of aromatic nitrogens is 3. The van der Waals surface area contributed by atoms with Crippen molar-refractivity contribution in [3.05, 3.63) is 60.3 Å². The fourth-order valence-electron chi connectivity index (χ4n) is 2.75. The van der Waals surface area contributed by atoms with E-state index in [0.29, 0.717) is 5.78 Å². The first-order valence-corrected chi connectivity index (χ1v) is 7.40. The second-order valence-electron chi connectivity index (χ2n) is 5.38. The van der Waals surface area contributed by atoms with Crippen molar-refractivity contribution in [2.75, 3.05) is 12.4 Å². The predicted octanol–water partition coefficient (Wildman–Crippen LogP) is 3.94. The minimum atomic E-state index is 0.691. The molecule has 2 aromatic heterocycles. The Morgan fingerprint density at radius 3 is 2.74 bits per heavy atom. The number of hydrogen-bond donors (Lipinski definition) is 1. The molecule has 0 fully saturated rings. The van der Waals surface area contributed by atoms with Gasteiger partial charge in [0.1, 0.15) is 11.6 Å². The zero-order valence-electron chi connectivity index (χ0n) is 12.9. The molecule has 0 unspecified atom stereocenters. The molecular formula is C18H16N4O. The number of imidazole rings is 1. The van der Waals surface area contributed by atoms with Crippen LogP contribution < -0.4 is 10.1 Å². The van der Waals surface area contributed by atoms with Crippen molar-refractivity contribution < 1.29 is 4.74 Å². The maximum Gasteiger partial charge on any atom is 0.237 e. The van der Waals surface area contributed by atoms with Crippen LogP contribution in [-0.4, -0.2) is 21.5 Å². The van der Waals surface area contributed by atoms with Crippen LogP contribution in [0.3, 0.4) is 0 Å². The summed E-state index contributed by atoms with van der Waals surface area (Å²) < 4.78 is 7.31. The number of nitrogens with one attached hydrogen (secondary N) is 1. The largest absolute Gasteiger partial charge is 0.497 e. The number of ether oxygens (including phenoxy) is 1. The van der Waals surface area contributed by atoms with Crippen molar-refractivity contribution in [2.45, 2.75) is 6.92 Å². The van der Waals surface area contributed by atoms with Crippen molar-refractivity contribution in [3.8, 4) is 5.75 Å². The van der Waals surface area contributed by atoms with E-state index in [-0.39, 0.29) is 0 Å². The second kappa shape index (κ2) is 5.28. The Labute approximate surface area is 133 Å². The molecule has 0 atom stereocenters. The van der Waals surface area contributed by atoms with Crippen LogP contribution in [-0.2, 0) is 0 Å². The van der Waals surface area contributed by atoms with E-state index in [2.05, 4.69) is 32.7 Å².